The average molecular weight is 358 g/mol. The van der Waals surface area contributed by atoms with E-state index >= 15 is 0 Å². The molecule has 3 rings (SSSR count). The van der Waals surface area contributed by atoms with Crippen LogP contribution in [0.3, 0.4) is 0 Å². The molecule has 0 aliphatic carbocycles. The first-order valence-electron chi connectivity index (χ1n) is 7.57. The van der Waals surface area contributed by atoms with Crippen molar-refractivity contribution in [3.8, 4) is 11.4 Å². The second-order valence-corrected chi connectivity index (χ2v) is 6.68. The average Bonchev–Trinajstić information content (AvgIpc) is 3.19. The lowest BCUT2D eigenvalue weighted by atomic mass is 10.3. The van der Waals surface area contributed by atoms with Gasteiger partial charge in [-0.2, -0.15) is 16.4 Å². The number of nitrogens with zero attached hydrogens (tertiary/aromatic N) is 5. The molecule has 0 aliphatic rings. The van der Waals surface area contributed by atoms with E-state index in [0.717, 1.165) is 17.9 Å². The highest BCUT2D eigenvalue weighted by atomic mass is 32.1. The van der Waals surface area contributed by atoms with Crippen LogP contribution in [-0.4, -0.2) is 31.3 Å². The van der Waals surface area contributed by atoms with Crippen molar-refractivity contribution in [1.82, 2.24) is 24.2 Å². The molecule has 0 spiro atoms. The lowest BCUT2D eigenvalue weighted by Gasteiger charge is -2.15. The number of thiophene rings is 1. The van der Waals surface area contributed by atoms with E-state index in [-0.39, 0.29) is 0 Å². The van der Waals surface area contributed by atoms with Gasteiger partial charge in [0.25, 0.3) is 0 Å². The van der Waals surface area contributed by atoms with Crippen molar-refractivity contribution in [3.63, 3.8) is 0 Å². The van der Waals surface area contributed by atoms with Crippen LogP contribution in [0.4, 0.5) is 0 Å². The van der Waals surface area contributed by atoms with Crippen LogP contribution in [0.2, 0.25) is 0 Å². The van der Waals surface area contributed by atoms with Gasteiger partial charge in [-0.25, -0.2) is 4.68 Å². The molecule has 7 heteroatoms. The monoisotopic (exact) mass is 357 g/mol. The van der Waals surface area contributed by atoms with Gasteiger partial charge in [0.2, 0.25) is 0 Å². The maximum absolute atomic E-state index is 5.62. The summed E-state index contributed by atoms with van der Waals surface area (Å²) in [6, 6.07) is 6.03. The van der Waals surface area contributed by atoms with E-state index in [1.54, 1.807) is 23.7 Å². The fourth-order valence-corrected chi connectivity index (χ4v) is 3.43. The van der Waals surface area contributed by atoms with E-state index in [0.29, 0.717) is 18.0 Å². The van der Waals surface area contributed by atoms with E-state index in [1.807, 2.05) is 27.5 Å². The van der Waals surface area contributed by atoms with Gasteiger partial charge in [-0.05, 0) is 53.8 Å². The predicted molar refractivity (Wildman–Crippen MR) is 100 cm³/mol. The largest absolute Gasteiger partial charge is 0.296 e. The fourth-order valence-electron chi connectivity index (χ4n) is 2.51. The van der Waals surface area contributed by atoms with E-state index < -0.39 is 0 Å². The molecule has 0 radical (unpaired) electrons. The van der Waals surface area contributed by atoms with Crippen LogP contribution in [0.15, 0.2) is 54.0 Å². The highest BCUT2D eigenvalue weighted by Crippen LogP contribution is 2.18. The van der Waals surface area contributed by atoms with Gasteiger partial charge in [-0.15, -0.1) is 6.58 Å². The third-order valence-electron chi connectivity index (χ3n) is 3.56. The van der Waals surface area contributed by atoms with Gasteiger partial charge in [0.1, 0.15) is 0 Å². The van der Waals surface area contributed by atoms with Gasteiger partial charge in [0.05, 0.1) is 6.67 Å². The summed E-state index contributed by atoms with van der Waals surface area (Å²) in [5, 5.41) is 8.97. The summed E-state index contributed by atoms with van der Waals surface area (Å²) in [6.07, 6.45) is 5.38. The Morgan fingerprint density at radius 2 is 2.29 bits per heavy atom. The van der Waals surface area contributed by atoms with Crippen molar-refractivity contribution in [1.29, 1.82) is 0 Å². The second-order valence-electron chi connectivity index (χ2n) is 5.53. The highest BCUT2D eigenvalue weighted by Gasteiger charge is 2.13. The van der Waals surface area contributed by atoms with Gasteiger partial charge < -0.3 is 0 Å². The summed E-state index contributed by atoms with van der Waals surface area (Å²) < 4.78 is 4.52. The molecular formula is C17H19N5S2. The van der Waals surface area contributed by atoms with Crippen LogP contribution in [0.25, 0.3) is 11.4 Å². The Morgan fingerprint density at radius 3 is 2.96 bits per heavy atom. The highest BCUT2D eigenvalue weighted by molar-refractivity contribution is 7.71. The lowest BCUT2D eigenvalue weighted by molar-refractivity contribution is 0.244. The second kappa shape index (κ2) is 7.65. The molecule has 0 saturated heterocycles. The van der Waals surface area contributed by atoms with Gasteiger partial charge in [0, 0.05) is 31.0 Å². The van der Waals surface area contributed by atoms with E-state index in [4.69, 9.17) is 17.3 Å². The predicted octanol–water partition coefficient (Wildman–Crippen LogP) is 3.81. The summed E-state index contributed by atoms with van der Waals surface area (Å²) in [7, 11) is 2.07. The molecule has 0 aromatic carbocycles. The molecule has 124 valence electrons. The van der Waals surface area contributed by atoms with Crippen molar-refractivity contribution in [2.24, 2.45) is 0 Å². The summed E-state index contributed by atoms with van der Waals surface area (Å²) in [4.78, 5) is 6.37. The molecule has 24 heavy (non-hydrogen) atoms. The number of hydrogen-bond acceptors (Lipinski definition) is 5. The van der Waals surface area contributed by atoms with Gasteiger partial charge in [-0.1, -0.05) is 6.08 Å². The van der Waals surface area contributed by atoms with Crippen molar-refractivity contribution < 1.29 is 0 Å². The van der Waals surface area contributed by atoms with Crippen LogP contribution in [0, 0.1) is 4.77 Å². The molecule has 0 aliphatic heterocycles. The number of pyridine rings is 1. The Labute approximate surface area is 150 Å². The standard InChI is InChI=1S/C17H19N5S2/c1-3-8-21-16(15-5-4-7-18-10-15)19-22(17(21)23)13-20(2)11-14-6-9-24-12-14/h3-7,9-10,12H,1,8,11,13H2,2H3. The number of allylic oxidation sites excluding steroid dienone is 1. The normalized spacial score (nSPS) is 11.1. The molecular weight excluding hydrogens is 338 g/mol. The third-order valence-corrected chi connectivity index (χ3v) is 4.73. The van der Waals surface area contributed by atoms with E-state index in [2.05, 4.69) is 40.3 Å². The Kier molecular flexibility index (Phi) is 5.34. The molecule has 0 unspecified atom stereocenters. The Balaban J connectivity index is 1.88. The zero-order chi connectivity index (χ0) is 16.9. The maximum Gasteiger partial charge on any atom is 0.199 e. The van der Waals surface area contributed by atoms with Gasteiger partial charge in [-0.3, -0.25) is 14.5 Å². The van der Waals surface area contributed by atoms with Crippen LogP contribution < -0.4 is 0 Å². The maximum atomic E-state index is 5.62. The van der Waals surface area contributed by atoms with Gasteiger partial charge >= 0.3 is 0 Å². The molecule has 0 fully saturated rings. The Morgan fingerprint density at radius 1 is 1.42 bits per heavy atom. The van der Waals surface area contributed by atoms with E-state index in [1.165, 1.54) is 5.56 Å². The fraction of sp³-hybridized carbons (Fsp3) is 0.235. The molecule has 5 nitrogen and oxygen atoms in total. The minimum absolute atomic E-state index is 0.622. The zero-order valence-corrected chi connectivity index (χ0v) is 15.1. The van der Waals surface area contributed by atoms with Crippen LogP contribution in [0.1, 0.15) is 5.56 Å². The summed E-state index contributed by atoms with van der Waals surface area (Å²) in [5.41, 5.74) is 2.25. The molecule has 0 atom stereocenters. The Bertz CT molecular complexity index is 849. The van der Waals surface area contributed by atoms with Crippen molar-refractivity contribution >= 4 is 23.6 Å². The topological polar surface area (TPSA) is 38.9 Å². The summed E-state index contributed by atoms with van der Waals surface area (Å²) >= 11 is 7.32. The molecule has 0 N–H and O–H groups in total. The van der Waals surface area contributed by atoms with Crippen LogP contribution >= 0.6 is 23.6 Å². The van der Waals surface area contributed by atoms with Crippen molar-refractivity contribution in [3.05, 3.63) is 64.3 Å². The SMILES string of the molecule is C=CCn1c(-c2cccnc2)nn(CN(C)Cc2ccsc2)c1=S. The third kappa shape index (κ3) is 3.69. The quantitative estimate of drug-likeness (QED) is 0.476. The van der Waals surface area contributed by atoms with Crippen molar-refractivity contribution in [2.45, 2.75) is 19.8 Å². The molecule has 0 bridgehead atoms. The van der Waals surface area contributed by atoms with E-state index in [9.17, 15) is 0 Å². The first-order chi connectivity index (χ1) is 11.7. The minimum Gasteiger partial charge on any atom is -0.296 e. The molecule has 0 saturated carbocycles. The van der Waals surface area contributed by atoms with Crippen molar-refractivity contribution in [2.75, 3.05) is 7.05 Å². The van der Waals surface area contributed by atoms with Crippen LogP contribution in [0.5, 0.6) is 0 Å². The molecule has 3 aromatic heterocycles. The first kappa shape index (κ1) is 16.8. The lowest BCUT2D eigenvalue weighted by Crippen LogP contribution is -2.22. The zero-order valence-electron chi connectivity index (χ0n) is 13.5. The van der Waals surface area contributed by atoms with Crippen LogP contribution in [-0.2, 0) is 19.8 Å². The minimum atomic E-state index is 0.622. The number of rotatable bonds is 7. The molecule has 3 aromatic rings. The summed E-state index contributed by atoms with van der Waals surface area (Å²) in [5.74, 6) is 0.817. The molecule has 3 heterocycles. The molecule has 0 amide bonds. The summed E-state index contributed by atoms with van der Waals surface area (Å²) in [6.45, 7) is 5.94. The first-order valence-corrected chi connectivity index (χ1v) is 8.92. The number of hydrogen-bond donors (Lipinski definition) is 0. The smallest absolute Gasteiger partial charge is 0.199 e. The Hall–Kier alpha value is -2.09. The number of aromatic nitrogens is 4. The van der Waals surface area contributed by atoms with Gasteiger partial charge in [0.15, 0.2) is 10.6 Å².